The second-order valence-electron chi connectivity index (χ2n) is 10.5. The van der Waals surface area contributed by atoms with Crippen LogP contribution in [0.3, 0.4) is 0 Å². The Morgan fingerprint density at radius 2 is 1.48 bits per heavy atom. The number of aliphatic hydroxyl groups is 1. The van der Waals surface area contributed by atoms with Gasteiger partial charge in [-0.2, -0.15) is 0 Å². The summed E-state index contributed by atoms with van der Waals surface area (Å²) < 4.78 is 31.6. The largest absolute Gasteiger partial charge is 0.498 e. The zero-order valence-electron chi connectivity index (χ0n) is 20.0. The minimum Gasteiger partial charge on any atom is -0.498 e. The van der Waals surface area contributed by atoms with Crippen molar-refractivity contribution in [2.45, 2.75) is 89.8 Å². The highest BCUT2D eigenvalue weighted by Crippen LogP contribution is 2.58. The summed E-state index contributed by atoms with van der Waals surface area (Å²) >= 11 is 0. The summed E-state index contributed by atoms with van der Waals surface area (Å²) in [6.45, 7) is 3.00. The molecule has 0 spiro atoms. The van der Waals surface area contributed by atoms with Gasteiger partial charge in [-0.05, 0) is 94.5 Å². The normalized spacial score (nSPS) is 33.0. The quantitative estimate of drug-likeness (QED) is 0.306. The third-order valence-electron chi connectivity index (χ3n) is 8.22. The first-order valence-electron chi connectivity index (χ1n) is 12.9. The van der Waals surface area contributed by atoms with Crippen LogP contribution in [0, 0.1) is 29.6 Å². The molecule has 186 valence electrons. The first kappa shape index (κ1) is 24.5. The van der Waals surface area contributed by atoms with Crippen LogP contribution < -0.4 is 0 Å². The molecule has 5 fully saturated rings. The molecular formula is C26H39FO6. The maximum Gasteiger partial charge on any atom is 0.355 e. The monoisotopic (exact) mass is 466 g/mol. The minimum atomic E-state index is -2.88. The van der Waals surface area contributed by atoms with E-state index in [1.54, 1.807) is 13.8 Å². The van der Waals surface area contributed by atoms with Crippen molar-refractivity contribution in [1.82, 2.24) is 0 Å². The van der Waals surface area contributed by atoms with Crippen LogP contribution in [0.1, 0.15) is 78.1 Å². The fourth-order valence-electron chi connectivity index (χ4n) is 7.01. The van der Waals surface area contributed by atoms with Gasteiger partial charge < -0.3 is 19.3 Å². The lowest BCUT2D eigenvalue weighted by Gasteiger charge is -2.52. The molecular weight excluding hydrogens is 427 g/mol. The molecule has 0 heterocycles. The van der Waals surface area contributed by atoms with Crippen molar-refractivity contribution in [1.29, 1.82) is 0 Å². The summed E-state index contributed by atoms with van der Waals surface area (Å²) in [5.41, 5.74) is -1.49. The van der Waals surface area contributed by atoms with Crippen LogP contribution in [0.15, 0.2) is 11.3 Å². The molecule has 0 aromatic rings. The Kier molecular flexibility index (Phi) is 7.66. The van der Waals surface area contributed by atoms with E-state index in [0.29, 0.717) is 18.3 Å². The lowest BCUT2D eigenvalue weighted by atomic mass is 9.53. The average molecular weight is 467 g/mol. The minimum absolute atomic E-state index is 0.0221. The van der Waals surface area contributed by atoms with Crippen LogP contribution in [-0.2, 0) is 23.8 Å². The van der Waals surface area contributed by atoms with Gasteiger partial charge in [0.1, 0.15) is 0 Å². The summed E-state index contributed by atoms with van der Waals surface area (Å²) in [6.07, 6.45) is 8.68. The zero-order valence-corrected chi connectivity index (χ0v) is 20.0. The molecule has 0 radical (unpaired) electrons. The topological polar surface area (TPSA) is 82.1 Å². The molecule has 1 N–H and O–H groups in total. The molecule has 0 aromatic heterocycles. The van der Waals surface area contributed by atoms with E-state index >= 15 is 4.39 Å². The SMILES string of the molecule is CCOC(=O)C(F)(CCOC(=C1C2CC3CC(C2)CC1C3)C1CCCC(O)C1)C(=O)OCC. The van der Waals surface area contributed by atoms with E-state index in [1.807, 2.05) is 0 Å². The summed E-state index contributed by atoms with van der Waals surface area (Å²) in [5.74, 6) is 1.23. The van der Waals surface area contributed by atoms with Crippen molar-refractivity contribution in [2.24, 2.45) is 29.6 Å². The molecule has 5 saturated carbocycles. The number of aliphatic hydroxyl groups excluding tert-OH is 1. The predicted octanol–water partition coefficient (Wildman–Crippen LogP) is 4.49. The number of esters is 2. The molecule has 0 aliphatic heterocycles. The molecule has 0 aromatic carbocycles. The van der Waals surface area contributed by atoms with Gasteiger partial charge in [-0.1, -0.05) is 6.42 Å². The van der Waals surface area contributed by atoms with E-state index < -0.39 is 24.0 Å². The summed E-state index contributed by atoms with van der Waals surface area (Å²) in [6, 6.07) is 0. The van der Waals surface area contributed by atoms with E-state index in [-0.39, 0.29) is 31.8 Å². The molecule has 2 atom stereocenters. The fourth-order valence-corrected chi connectivity index (χ4v) is 7.01. The second-order valence-corrected chi connectivity index (χ2v) is 10.5. The van der Waals surface area contributed by atoms with E-state index in [9.17, 15) is 14.7 Å². The van der Waals surface area contributed by atoms with E-state index in [4.69, 9.17) is 14.2 Å². The number of ether oxygens (including phenoxy) is 3. The Hall–Kier alpha value is -1.63. The molecule has 0 amide bonds. The van der Waals surface area contributed by atoms with Crippen molar-refractivity contribution in [2.75, 3.05) is 19.8 Å². The zero-order chi connectivity index (χ0) is 23.6. The Morgan fingerprint density at radius 1 is 0.909 bits per heavy atom. The Bertz CT molecular complexity index is 714. The van der Waals surface area contributed by atoms with Crippen molar-refractivity contribution in [3.05, 3.63) is 11.3 Å². The van der Waals surface area contributed by atoms with E-state index in [0.717, 1.165) is 36.9 Å². The van der Waals surface area contributed by atoms with Crippen molar-refractivity contribution in [3.8, 4) is 0 Å². The van der Waals surface area contributed by atoms with Gasteiger partial charge >= 0.3 is 17.6 Å². The van der Waals surface area contributed by atoms with Crippen molar-refractivity contribution in [3.63, 3.8) is 0 Å². The smallest absolute Gasteiger partial charge is 0.355 e. The van der Waals surface area contributed by atoms with Gasteiger partial charge in [0.15, 0.2) is 0 Å². The molecule has 4 bridgehead atoms. The van der Waals surface area contributed by atoms with Crippen LogP contribution in [-0.4, -0.2) is 48.6 Å². The van der Waals surface area contributed by atoms with Crippen LogP contribution >= 0.6 is 0 Å². The molecule has 5 aliphatic rings. The highest BCUT2D eigenvalue weighted by atomic mass is 19.1. The highest BCUT2D eigenvalue weighted by Gasteiger charge is 2.51. The first-order chi connectivity index (χ1) is 15.9. The van der Waals surface area contributed by atoms with Gasteiger partial charge in [-0.25, -0.2) is 14.0 Å². The number of alkyl halides is 1. The Balaban J connectivity index is 1.54. The van der Waals surface area contributed by atoms with Gasteiger partial charge in [0.2, 0.25) is 0 Å². The lowest BCUT2D eigenvalue weighted by Crippen LogP contribution is -2.46. The van der Waals surface area contributed by atoms with Crippen LogP contribution in [0.25, 0.3) is 0 Å². The summed E-state index contributed by atoms with van der Waals surface area (Å²) in [5, 5.41) is 10.3. The number of hydrogen-bond acceptors (Lipinski definition) is 6. The number of allylic oxidation sites excluding steroid dienone is 2. The van der Waals surface area contributed by atoms with Crippen molar-refractivity contribution >= 4 is 11.9 Å². The third kappa shape index (κ3) is 5.08. The molecule has 0 saturated heterocycles. The number of carbonyl (C=O) groups excluding carboxylic acids is 2. The summed E-state index contributed by atoms with van der Waals surface area (Å²) in [4.78, 5) is 24.6. The molecule has 33 heavy (non-hydrogen) atoms. The van der Waals surface area contributed by atoms with E-state index in [2.05, 4.69) is 0 Å². The van der Waals surface area contributed by atoms with Gasteiger partial charge in [0.05, 0.1) is 31.7 Å². The van der Waals surface area contributed by atoms with Crippen LogP contribution in [0.2, 0.25) is 0 Å². The first-order valence-corrected chi connectivity index (χ1v) is 12.9. The van der Waals surface area contributed by atoms with Gasteiger partial charge in [0.25, 0.3) is 0 Å². The van der Waals surface area contributed by atoms with Crippen molar-refractivity contribution < 1.29 is 33.3 Å². The van der Waals surface area contributed by atoms with Gasteiger partial charge in [-0.15, -0.1) is 0 Å². The van der Waals surface area contributed by atoms with Crippen LogP contribution in [0.5, 0.6) is 0 Å². The predicted molar refractivity (Wildman–Crippen MR) is 120 cm³/mol. The maximum atomic E-state index is 15.6. The Labute approximate surface area is 196 Å². The standard InChI is InChI=1S/C26H39FO6/c1-3-31-24(29)26(27,25(30)32-4-2)8-9-33-23(18-6-5-7-21(28)15-18)22-19-11-16-10-17(13-19)14-20(22)12-16/h16-21,28H,3-15H2,1-2H3. The maximum absolute atomic E-state index is 15.6. The number of halogens is 1. The van der Waals surface area contributed by atoms with Gasteiger partial charge in [0, 0.05) is 12.3 Å². The number of carbonyl (C=O) groups is 2. The third-order valence-corrected chi connectivity index (χ3v) is 8.22. The van der Waals surface area contributed by atoms with Crippen LogP contribution in [0.4, 0.5) is 4.39 Å². The fraction of sp³-hybridized carbons (Fsp3) is 0.846. The molecule has 2 unspecified atom stereocenters. The lowest BCUT2D eigenvalue weighted by molar-refractivity contribution is -0.175. The molecule has 6 nitrogen and oxygen atoms in total. The second kappa shape index (κ2) is 10.3. The van der Waals surface area contributed by atoms with Gasteiger partial charge in [-0.3, -0.25) is 0 Å². The Morgan fingerprint density at radius 3 is 2.00 bits per heavy atom. The molecule has 7 heteroatoms. The highest BCUT2D eigenvalue weighted by molar-refractivity contribution is 6.03. The average Bonchev–Trinajstić information content (AvgIpc) is 2.77. The number of hydrogen-bond donors (Lipinski definition) is 1. The molecule has 5 aliphatic carbocycles. The number of rotatable bonds is 9. The van der Waals surface area contributed by atoms with E-state index in [1.165, 1.54) is 37.7 Å². The molecule has 5 rings (SSSR count). The summed E-state index contributed by atoms with van der Waals surface area (Å²) in [7, 11) is 0.